The maximum atomic E-state index is 11.9. The molecule has 1 saturated heterocycles. The van der Waals surface area contributed by atoms with E-state index in [1.54, 1.807) is 17.1 Å². The average molecular weight is 306 g/mol. The lowest BCUT2D eigenvalue weighted by Crippen LogP contribution is -2.26. The van der Waals surface area contributed by atoms with Gasteiger partial charge >= 0.3 is 0 Å². The van der Waals surface area contributed by atoms with Gasteiger partial charge in [-0.2, -0.15) is 5.10 Å². The number of ether oxygens (including phenoxy) is 1. The summed E-state index contributed by atoms with van der Waals surface area (Å²) in [6, 6.07) is 7.63. The number of carbonyl (C=O) groups excluding carboxylic acids is 1. The van der Waals surface area contributed by atoms with Crippen LogP contribution in [0.15, 0.2) is 36.7 Å². The van der Waals surface area contributed by atoms with Crippen LogP contribution in [-0.2, 0) is 16.1 Å². The Bertz CT molecular complexity index is 635. The van der Waals surface area contributed by atoms with Crippen molar-refractivity contribution in [2.45, 2.75) is 25.5 Å². The summed E-state index contributed by atoms with van der Waals surface area (Å²) in [5.41, 5.74) is 1.65. The van der Waals surface area contributed by atoms with E-state index in [9.17, 15) is 4.79 Å². The Morgan fingerprint density at radius 2 is 2.33 bits per heavy atom. The summed E-state index contributed by atoms with van der Waals surface area (Å²) in [6.45, 7) is 1.22. The predicted molar refractivity (Wildman–Crippen MR) is 80.4 cm³/mol. The van der Waals surface area contributed by atoms with Crippen molar-refractivity contribution in [1.29, 1.82) is 0 Å². The van der Waals surface area contributed by atoms with Gasteiger partial charge in [0.25, 0.3) is 5.91 Å². The molecular weight excluding hydrogens is 290 g/mol. The van der Waals surface area contributed by atoms with Gasteiger partial charge in [0.2, 0.25) is 0 Å². The monoisotopic (exact) mass is 305 g/mol. The van der Waals surface area contributed by atoms with Gasteiger partial charge in [0.05, 0.1) is 18.4 Å². The fraction of sp³-hybridized carbons (Fsp3) is 0.333. The van der Waals surface area contributed by atoms with Crippen LogP contribution in [0, 0.1) is 0 Å². The molecule has 0 saturated carbocycles. The van der Waals surface area contributed by atoms with Gasteiger partial charge in [-0.15, -0.1) is 0 Å². The highest BCUT2D eigenvalue weighted by atomic mass is 35.5. The molecule has 6 heteroatoms. The summed E-state index contributed by atoms with van der Waals surface area (Å²) < 4.78 is 7.09. The van der Waals surface area contributed by atoms with Gasteiger partial charge in [0.15, 0.2) is 0 Å². The summed E-state index contributed by atoms with van der Waals surface area (Å²) in [4.78, 5) is 11.9. The number of benzene rings is 1. The van der Waals surface area contributed by atoms with Crippen molar-refractivity contribution >= 4 is 23.2 Å². The van der Waals surface area contributed by atoms with E-state index >= 15 is 0 Å². The Balaban J connectivity index is 1.63. The molecule has 1 atom stereocenters. The highest BCUT2D eigenvalue weighted by molar-refractivity contribution is 6.31. The lowest BCUT2D eigenvalue weighted by Gasteiger charge is -2.08. The molecule has 1 aliphatic heterocycles. The molecule has 3 rings (SSSR count). The van der Waals surface area contributed by atoms with E-state index in [0.717, 1.165) is 18.4 Å². The number of amides is 1. The van der Waals surface area contributed by atoms with E-state index < -0.39 is 0 Å². The molecule has 1 unspecified atom stereocenters. The predicted octanol–water partition coefficient (Wildman–Crippen LogP) is 2.70. The molecule has 110 valence electrons. The normalized spacial score (nSPS) is 17.9. The van der Waals surface area contributed by atoms with E-state index in [4.69, 9.17) is 16.3 Å². The fourth-order valence-corrected chi connectivity index (χ4v) is 2.52. The smallest absolute Gasteiger partial charge is 0.253 e. The summed E-state index contributed by atoms with van der Waals surface area (Å²) >= 11 is 6.12. The highest BCUT2D eigenvalue weighted by Crippen LogP contribution is 2.18. The van der Waals surface area contributed by atoms with E-state index in [0.29, 0.717) is 23.9 Å². The molecule has 21 heavy (non-hydrogen) atoms. The first-order valence-corrected chi connectivity index (χ1v) is 7.28. The molecule has 1 fully saturated rings. The number of carbonyl (C=O) groups is 1. The number of hydrogen-bond donors (Lipinski definition) is 1. The first-order valence-electron chi connectivity index (χ1n) is 6.91. The third kappa shape index (κ3) is 3.43. The minimum Gasteiger partial charge on any atom is -0.368 e. The molecule has 0 bridgehead atoms. The second-order valence-corrected chi connectivity index (χ2v) is 5.42. The molecule has 1 aromatic carbocycles. The van der Waals surface area contributed by atoms with Crippen LogP contribution in [0.2, 0.25) is 5.02 Å². The second kappa shape index (κ2) is 6.28. The third-order valence-electron chi connectivity index (χ3n) is 3.41. The first-order chi connectivity index (χ1) is 10.2. The van der Waals surface area contributed by atoms with Gasteiger partial charge in [-0.25, -0.2) is 0 Å². The summed E-state index contributed by atoms with van der Waals surface area (Å²) in [5, 5.41) is 7.77. The van der Waals surface area contributed by atoms with Crippen molar-refractivity contribution in [2.24, 2.45) is 0 Å². The summed E-state index contributed by atoms with van der Waals surface area (Å²) in [6.07, 6.45) is 4.79. The topological polar surface area (TPSA) is 56.2 Å². The van der Waals surface area contributed by atoms with Crippen LogP contribution < -0.4 is 5.32 Å². The van der Waals surface area contributed by atoms with E-state index in [1.165, 1.54) is 0 Å². The van der Waals surface area contributed by atoms with Gasteiger partial charge in [0.1, 0.15) is 6.10 Å². The molecule has 1 amide bonds. The van der Waals surface area contributed by atoms with Gasteiger partial charge in [-0.3, -0.25) is 9.48 Å². The maximum absolute atomic E-state index is 11.9. The minimum atomic E-state index is -0.336. The van der Waals surface area contributed by atoms with Crippen LogP contribution in [-0.4, -0.2) is 28.4 Å². The number of nitrogens with zero attached hydrogens (tertiary/aromatic N) is 2. The molecule has 0 aliphatic carbocycles. The van der Waals surface area contributed by atoms with Gasteiger partial charge in [-0.05, 0) is 24.5 Å². The zero-order chi connectivity index (χ0) is 14.7. The third-order valence-corrected chi connectivity index (χ3v) is 3.78. The lowest BCUT2D eigenvalue weighted by atomic mass is 10.2. The van der Waals surface area contributed by atoms with Gasteiger partial charge in [0, 0.05) is 17.8 Å². The molecule has 2 heterocycles. The number of nitrogens with one attached hydrogen (secondary N) is 1. The van der Waals surface area contributed by atoms with E-state index in [1.807, 2.05) is 24.3 Å². The van der Waals surface area contributed by atoms with Crippen LogP contribution >= 0.6 is 11.6 Å². The van der Waals surface area contributed by atoms with Crippen molar-refractivity contribution in [3.05, 3.63) is 47.2 Å². The van der Waals surface area contributed by atoms with Crippen LogP contribution in [0.25, 0.3) is 0 Å². The molecule has 1 aromatic heterocycles. The van der Waals surface area contributed by atoms with Crippen LogP contribution in [0.1, 0.15) is 18.4 Å². The number of aromatic nitrogens is 2. The average Bonchev–Trinajstić information content (AvgIpc) is 3.13. The fourth-order valence-electron chi connectivity index (χ4n) is 2.32. The Labute approximate surface area is 127 Å². The zero-order valence-electron chi connectivity index (χ0n) is 11.5. The summed E-state index contributed by atoms with van der Waals surface area (Å²) in [5.74, 6) is -0.107. The number of rotatable bonds is 4. The Morgan fingerprint density at radius 3 is 3.10 bits per heavy atom. The number of anilines is 1. The van der Waals surface area contributed by atoms with Gasteiger partial charge < -0.3 is 10.1 Å². The minimum absolute atomic E-state index is 0.107. The number of hydrogen-bond acceptors (Lipinski definition) is 3. The van der Waals surface area contributed by atoms with Crippen LogP contribution in [0.3, 0.4) is 0 Å². The molecule has 1 N–H and O–H groups in total. The summed E-state index contributed by atoms with van der Waals surface area (Å²) in [7, 11) is 0. The van der Waals surface area contributed by atoms with E-state index in [-0.39, 0.29) is 12.0 Å². The van der Waals surface area contributed by atoms with E-state index in [2.05, 4.69) is 10.4 Å². The standard InChI is InChI=1S/C15H16ClN3O2/c16-13-5-2-1-4-11(13)9-19-10-12(8-17-19)18-15(20)14-6-3-7-21-14/h1-2,4-5,8,10,14H,3,6-7,9H2,(H,18,20). The Morgan fingerprint density at radius 1 is 1.48 bits per heavy atom. The molecule has 1 aliphatic rings. The largest absolute Gasteiger partial charge is 0.368 e. The molecular formula is C15H16ClN3O2. The Hall–Kier alpha value is -1.85. The number of halogens is 1. The van der Waals surface area contributed by atoms with Crippen molar-refractivity contribution < 1.29 is 9.53 Å². The maximum Gasteiger partial charge on any atom is 0.253 e. The molecule has 0 spiro atoms. The lowest BCUT2D eigenvalue weighted by molar-refractivity contribution is -0.124. The van der Waals surface area contributed by atoms with Crippen LogP contribution in [0.5, 0.6) is 0 Å². The van der Waals surface area contributed by atoms with Crippen molar-refractivity contribution in [3.63, 3.8) is 0 Å². The van der Waals surface area contributed by atoms with Crippen molar-refractivity contribution in [3.8, 4) is 0 Å². The SMILES string of the molecule is O=C(Nc1cnn(Cc2ccccc2Cl)c1)C1CCCO1. The second-order valence-electron chi connectivity index (χ2n) is 5.01. The molecule has 0 radical (unpaired) electrons. The zero-order valence-corrected chi connectivity index (χ0v) is 12.2. The van der Waals surface area contributed by atoms with Crippen LogP contribution in [0.4, 0.5) is 5.69 Å². The highest BCUT2D eigenvalue weighted by Gasteiger charge is 2.23. The molecule has 2 aromatic rings. The Kier molecular flexibility index (Phi) is 4.22. The molecule has 5 nitrogen and oxygen atoms in total. The van der Waals surface area contributed by atoms with Crippen molar-refractivity contribution in [1.82, 2.24) is 9.78 Å². The van der Waals surface area contributed by atoms with Gasteiger partial charge in [-0.1, -0.05) is 29.8 Å². The quantitative estimate of drug-likeness (QED) is 0.945. The first kappa shape index (κ1) is 14.1. The van der Waals surface area contributed by atoms with Crippen molar-refractivity contribution in [2.75, 3.05) is 11.9 Å².